The summed E-state index contributed by atoms with van der Waals surface area (Å²) in [6.07, 6.45) is 3.00. The van der Waals surface area contributed by atoms with Gasteiger partial charge in [0, 0.05) is 41.5 Å². The van der Waals surface area contributed by atoms with E-state index in [0.717, 1.165) is 17.4 Å². The van der Waals surface area contributed by atoms with Crippen molar-refractivity contribution in [3.05, 3.63) is 103 Å². The predicted octanol–water partition coefficient (Wildman–Crippen LogP) is 5.13. The summed E-state index contributed by atoms with van der Waals surface area (Å²) < 4.78 is 25.0. The molecule has 6 nitrogen and oxygen atoms in total. The Labute approximate surface area is 190 Å². The van der Waals surface area contributed by atoms with Gasteiger partial charge in [-0.1, -0.05) is 40.5 Å². The summed E-state index contributed by atoms with van der Waals surface area (Å²) in [4.78, 5) is 23.7. The number of sulfone groups is 1. The SMILES string of the molecule is Cn1cc(C(CC(c2ccc(S(C)(=O)=O)cc2)c2cc(Cl)cc(Cl)c2)N=O)ccc1=O. The number of nitroso groups, excluding NO2 is 1. The highest BCUT2D eigenvalue weighted by atomic mass is 35.5. The van der Waals surface area contributed by atoms with Crippen LogP contribution in [0.1, 0.15) is 35.1 Å². The standard InChI is InChI=1S/C22H20Cl2N2O4S/c1-26-13-15(5-8-22(26)27)21(25-28)12-20(16-9-17(23)11-18(24)10-16)14-3-6-19(7-4-14)31(2,29)30/h3-11,13,20-21H,12H2,1-2H3. The zero-order valence-electron chi connectivity index (χ0n) is 16.8. The number of benzene rings is 2. The van der Waals surface area contributed by atoms with Crippen LogP contribution < -0.4 is 5.56 Å². The van der Waals surface area contributed by atoms with E-state index >= 15 is 0 Å². The van der Waals surface area contributed by atoms with E-state index in [1.165, 1.54) is 22.8 Å². The van der Waals surface area contributed by atoms with Crippen LogP contribution in [0.15, 0.2) is 75.7 Å². The van der Waals surface area contributed by atoms with Gasteiger partial charge in [0.25, 0.3) is 0 Å². The Bertz CT molecular complexity index is 1250. The van der Waals surface area contributed by atoms with E-state index < -0.39 is 15.9 Å². The molecule has 0 saturated heterocycles. The van der Waals surface area contributed by atoms with Crippen molar-refractivity contribution in [2.45, 2.75) is 23.3 Å². The first-order valence-corrected chi connectivity index (χ1v) is 12.0. The molecule has 2 unspecified atom stereocenters. The molecule has 31 heavy (non-hydrogen) atoms. The number of rotatable bonds is 7. The summed E-state index contributed by atoms with van der Waals surface area (Å²) in [5.74, 6) is -0.343. The zero-order chi connectivity index (χ0) is 22.8. The van der Waals surface area contributed by atoms with E-state index in [0.29, 0.717) is 15.6 Å². The summed E-state index contributed by atoms with van der Waals surface area (Å²) in [6, 6.07) is 13.8. The molecule has 1 aromatic heterocycles. The lowest BCUT2D eigenvalue weighted by atomic mass is 9.84. The van der Waals surface area contributed by atoms with Crippen molar-refractivity contribution in [2.24, 2.45) is 12.2 Å². The van der Waals surface area contributed by atoms with Crippen LogP contribution in [0.2, 0.25) is 10.0 Å². The van der Waals surface area contributed by atoms with Crippen LogP contribution >= 0.6 is 23.2 Å². The Morgan fingerprint density at radius 3 is 2.03 bits per heavy atom. The van der Waals surface area contributed by atoms with Gasteiger partial charge in [-0.05, 0) is 59.5 Å². The smallest absolute Gasteiger partial charge is 0.250 e. The van der Waals surface area contributed by atoms with Crippen molar-refractivity contribution < 1.29 is 8.42 Å². The Morgan fingerprint density at radius 2 is 1.52 bits per heavy atom. The van der Waals surface area contributed by atoms with Crippen molar-refractivity contribution in [1.29, 1.82) is 0 Å². The number of aromatic nitrogens is 1. The first kappa shape index (κ1) is 23.2. The minimum absolute atomic E-state index is 0.192. The molecule has 0 aliphatic heterocycles. The van der Waals surface area contributed by atoms with Crippen molar-refractivity contribution in [3.8, 4) is 0 Å². The second-order valence-corrected chi connectivity index (χ2v) is 10.3. The van der Waals surface area contributed by atoms with Gasteiger partial charge < -0.3 is 4.57 Å². The maximum atomic E-state index is 11.8. The van der Waals surface area contributed by atoms with Gasteiger partial charge in [0.15, 0.2) is 9.84 Å². The highest BCUT2D eigenvalue weighted by Gasteiger charge is 2.24. The van der Waals surface area contributed by atoms with E-state index in [-0.39, 0.29) is 22.8 Å². The summed E-state index contributed by atoms with van der Waals surface area (Å²) in [7, 11) is -1.74. The number of hydrogen-bond donors (Lipinski definition) is 0. The lowest BCUT2D eigenvalue weighted by Gasteiger charge is -2.22. The minimum atomic E-state index is -3.35. The quantitative estimate of drug-likeness (QED) is 0.440. The Morgan fingerprint density at radius 1 is 0.935 bits per heavy atom. The Balaban J connectivity index is 2.07. The third-order valence-electron chi connectivity index (χ3n) is 5.08. The molecule has 0 spiro atoms. The fourth-order valence-corrected chi connectivity index (χ4v) is 4.64. The van der Waals surface area contributed by atoms with Gasteiger partial charge in [-0.25, -0.2) is 8.42 Å². The number of pyridine rings is 1. The van der Waals surface area contributed by atoms with Crippen LogP contribution in [0, 0.1) is 4.91 Å². The lowest BCUT2D eigenvalue weighted by molar-refractivity contribution is 0.587. The van der Waals surface area contributed by atoms with Crippen molar-refractivity contribution in [1.82, 2.24) is 4.57 Å². The first-order valence-electron chi connectivity index (χ1n) is 9.33. The molecule has 0 saturated carbocycles. The van der Waals surface area contributed by atoms with Crippen LogP contribution in [-0.2, 0) is 16.9 Å². The molecule has 3 aromatic rings. The normalized spacial score (nSPS) is 13.5. The van der Waals surface area contributed by atoms with Crippen molar-refractivity contribution >= 4 is 33.0 Å². The Kier molecular flexibility index (Phi) is 6.99. The molecule has 0 aliphatic rings. The maximum absolute atomic E-state index is 11.8. The van der Waals surface area contributed by atoms with Crippen LogP contribution in [0.5, 0.6) is 0 Å². The van der Waals surface area contributed by atoms with Gasteiger partial charge in [-0.3, -0.25) is 4.79 Å². The topological polar surface area (TPSA) is 85.6 Å². The predicted molar refractivity (Wildman–Crippen MR) is 123 cm³/mol. The van der Waals surface area contributed by atoms with Gasteiger partial charge in [0.1, 0.15) is 6.04 Å². The van der Waals surface area contributed by atoms with Gasteiger partial charge in [0.2, 0.25) is 5.56 Å². The molecule has 0 amide bonds. The highest BCUT2D eigenvalue weighted by Crippen LogP contribution is 2.38. The highest BCUT2D eigenvalue weighted by molar-refractivity contribution is 7.90. The molecule has 0 fully saturated rings. The van der Waals surface area contributed by atoms with Crippen LogP contribution in [-0.4, -0.2) is 19.2 Å². The zero-order valence-corrected chi connectivity index (χ0v) is 19.2. The van der Waals surface area contributed by atoms with Gasteiger partial charge >= 0.3 is 0 Å². The molecule has 3 rings (SSSR count). The number of nitrogens with zero attached hydrogens (tertiary/aromatic N) is 2. The molecule has 1 heterocycles. The molecule has 0 radical (unpaired) electrons. The average Bonchev–Trinajstić information content (AvgIpc) is 2.70. The molecule has 0 aliphatic carbocycles. The summed E-state index contributed by atoms with van der Waals surface area (Å²) in [6.45, 7) is 0. The van der Waals surface area contributed by atoms with E-state index in [2.05, 4.69) is 5.18 Å². The second-order valence-electron chi connectivity index (χ2n) is 7.37. The molecule has 2 atom stereocenters. The van der Waals surface area contributed by atoms with Crippen LogP contribution in [0.25, 0.3) is 0 Å². The number of hydrogen-bond acceptors (Lipinski definition) is 5. The lowest BCUT2D eigenvalue weighted by Crippen LogP contribution is -2.16. The van der Waals surface area contributed by atoms with Crippen molar-refractivity contribution in [3.63, 3.8) is 0 Å². The summed E-state index contributed by atoms with van der Waals surface area (Å²) in [5.41, 5.74) is 1.96. The van der Waals surface area contributed by atoms with Crippen LogP contribution in [0.3, 0.4) is 0 Å². The molecule has 162 valence electrons. The summed E-state index contributed by atoms with van der Waals surface area (Å²) in [5, 5.41) is 4.18. The average molecular weight is 479 g/mol. The van der Waals surface area contributed by atoms with E-state index in [4.69, 9.17) is 23.2 Å². The molecule has 0 bridgehead atoms. The van der Waals surface area contributed by atoms with Gasteiger partial charge in [0.05, 0.1) is 4.90 Å². The molecular weight excluding hydrogens is 459 g/mol. The second kappa shape index (κ2) is 9.34. The van der Waals surface area contributed by atoms with Gasteiger partial charge in [-0.15, -0.1) is 0 Å². The van der Waals surface area contributed by atoms with E-state index in [9.17, 15) is 18.1 Å². The number of aryl methyl sites for hydroxylation is 1. The monoisotopic (exact) mass is 478 g/mol. The maximum Gasteiger partial charge on any atom is 0.250 e. The molecule has 2 aromatic carbocycles. The third kappa shape index (κ3) is 5.61. The largest absolute Gasteiger partial charge is 0.318 e. The summed E-state index contributed by atoms with van der Waals surface area (Å²) >= 11 is 12.4. The fourth-order valence-electron chi connectivity index (χ4n) is 3.46. The molecule has 0 N–H and O–H groups in total. The Hall–Kier alpha value is -2.48. The fraction of sp³-hybridized carbons (Fsp3) is 0.227. The van der Waals surface area contributed by atoms with Crippen LogP contribution in [0.4, 0.5) is 0 Å². The minimum Gasteiger partial charge on any atom is -0.318 e. The number of halogens is 2. The molecular formula is C22H20Cl2N2O4S. The van der Waals surface area contributed by atoms with E-state index in [1.807, 2.05) is 0 Å². The molecule has 9 heteroatoms. The van der Waals surface area contributed by atoms with E-state index in [1.54, 1.807) is 49.6 Å². The van der Waals surface area contributed by atoms with Crippen molar-refractivity contribution in [2.75, 3.05) is 6.26 Å². The third-order valence-corrected chi connectivity index (χ3v) is 6.64. The van der Waals surface area contributed by atoms with Gasteiger partial charge in [-0.2, -0.15) is 4.91 Å². The first-order chi connectivity index (χ1) is 14.6.